The number of carbonyl (C=O) groups excluding carboxylic acids is 1. The van der Waals surface area contributed by atoms with Gasteiger partial charge in [-0.1, -0.05) is 17.3 Å². The van der Waals surface area contributed by atoms with Crippen LogP contribution in [0, 0.1) is 0 Å². The second-order valence-electron chi connectivity index (χ2n) is 5.77. The lowest BCUT2D eigenvalue weighted by Crippen LogP contribution is -2.23. The third-order valence-electron chi connectivity index (χ3n) is 3.45. The third kappa shape index (κ3) is 3.90. The maximum atomic E-state index is 12.5. The Bertz CT molecular complexity index is 977. The zero-order valence-corrected chi connectivity index (χ0v) is 14.6. The summed E-state index contributed by atoms with van der Waals surface area (Å²) in [6, 6.07) is 6.58. The lowest BCUT2D eigenvalue weighted by molar-refractivity contribution is 0.0948. The highest BCUT2D eigenvalue weighted by Crippen LogP contribution is 2.17. The molecule has 27 heavy (non-hydrogen) atoms. The molecule has 140 valence electrons. The van der Waals surface area contributed by atoms with Crippen molar-refractivity contribution in [1.82, 2.24) is 35.6 Å². The summed E-state index contributed by atoms with van der Waals surface area (Å²) in [5.74, 6) is -0.385. The minimum absolute atomic E-state index is 0.0180. The molecule has 0 unspecified atom stereocenters. The molecule has 0 radical (unpaired) electrons. The molecule has 0 aliphatic rings. The molecule has 2 aromatic heterocycles. The topological polar surface area (TPSA) is 161 Å². The van der Waals surface area contributed by atoms with Gasteiger partial charge in [-0.15, -0.1) is 5.10 Å². The van der Waals surface area contributed by atoms with E-state index in [9.17, 15) is 9.90 Å². The normalized spacial score (nSPS) is 11.4. The van der Waals surface area contributed by atoms with Crippen molar-refractivity contribution >= 4 is 17.9 Å². The molecule has 0 fully saturated rings. The number of nitrogens with one attached hydrogen (secondary N) is 1. The average molecular weight is 371 g/mol. The first-order chi connectivity index (χ1) is 13.0. The Morgan fingerprint density at radius 2 is 2.19 bits per heavy atom. The van der Waals surface area contributed by atoms with Crippen LogP contribution in [-0.4, -0.2) is 61.5 Å². The molecule has 0 saturated heterocycles. The van der Waals surface area contributed by atoms with E-state index in [4.69, 9.17) is 5.73 Å². The van der Waals surface area contributed by atoms with Gasteiger partial charge in [0.15, 0.2) is 5.69 Å². The van der Waals surface area contributed by atoms with Gasteiger partial charge in [-0.25, -0.2) is 10.1 Å². The smallest absolute Gasteiger partial charge is 0.293 e. The van der Waals surface area contributed by atoms with Gasteiger partial charge in [0.2, 0.25) is 11.6 Å². The summed E-state index contributed by atoms with van der Waals surface area (Å²) in [5, 5.41) is 28.5. The first kappa shape index (κ1) is 18.0. The van der Waals surface area contributed by atoms with Gasteiger partial charge >= 0.3 is 0 Å². The van der Waals surface area contributed by atoms with E-state index in [-0.39, 0.29) is 23.1 Å². The van der Waals surface area contributed by atoms with Gasteiger partial charge in [0.25, 0.3) is 5.91 Å². The van der Waals surface area contributed by atoms with E-state index in [1.165, 1.54) is 17.0 Å². The predicted molar refractivity (Wildman–Crippen MR) is 94.2 cm³/mol. The number of hydrogen-bond acceptors (Lipinski definition) is 10. The number of benzene rings is 1. The van der Waals surface area contributed by atoms with Crippen molar-refractivity contribution < 1.29 is 14.5 Å². The molecule has 1 amide bonds. The van der Waals surface area contributed by atoms with Crippen molar-refractivity contribution in [1.29, 1.82) is 0 Å². The molecule has 0 saturated carbocycles. The van der Waals surface area contributed by atoms with E-state index >= 15 is 0 Å². The molecule has 12 nitrogen and oxygen atoms in total. The third-order valence-corrected chi connectivity index (χ3v) is 3.45. The van der Waals surface area contributed by atoms with Crippen LogP contribution in [0.4, 0.5) is 5.82 Å². The summed E-state index contributed by atoms with van der Waals surface area (Å²) < 4.78 is 5.86. The number of carbonyl (C=O) groups is 1. The van der Waals surface area contributed by atoms with Gasteiger partial charge in [-0.05, 0) is 36.5 Å². The zero-order valence-electron chi connectivity index (χ0n) is 14.6. The Balaban J connectivity index is 1.85. The predicted octanol–water partition coefficient (Wildman–Crippen LogP) is -0.236. The number of hydrogen-bond donors (Lipinski definition) is 3. The van der Waals surface area contributed by atoms with E-state index in [1.54, 1.807) is 18.2 Å². The number of anilines is 1. The Morgan fingerprint density at radius 1 is 1.41 bits per heavy atom. The highest BCUT2D eigenvalue weighted by Gasteiger charge is 2.24. The quantitative estimate of drug-likeness (QED) is 0.392. The van der Waals surface area contributed by atoms with Crippen LogP contribution < -0.4 is 11.2 Å². The lowest BCUT2D eigenvalue weighted by atomic mass is 10.2. The van der Waals surface area contributed by atoms with Crippen molar-refractivity contribution in [2.75, 3.05) is 19.8 Å². The molecule has 4 N–H and O–H groups in total. The van der Waals surface area contributed by atoms with E-state index in [0.29, 0.717) is 17.8 Å². The van der Waals surface area contributed by atoms with Crippen molar-refractivity contribution in [2.24, 2.45) is 5.10 Å². The second kappa shape index (κ2) is 7.61. The van der Waals surface area contributed by atoms with Gasteiger partial charge in [0.05, 0.1) is 11.9 Å². The Morgan fingerprint density at radius 3 is 2.85 bits per heavy atom. The van der Waals surface area contributed by atoms with E-state index < -0.39 is 5.91 Å². The first-order valence-electron chi connectivity index (χ1n) is 7.76. The van der Waals surface area contributed by atoms with E-state index in [1.807, 2.05) is 19.0 Å². The molecule has 0 atom stereocenters. The molecule has 12 heteroatoms. The standard InChI is InChI=1S/C15H17N9O3/c1-23(2)8-10-12(18-22-24(10)14-13(16)20-27-21-14)15(26)19-17-7-9-5-3-4-6-11(9)25/h3-7,25H,8H2,1-2H3,(H2,16,20)(H,19,26)/b17-7-. The number of nitrogens with two attached hydrogens (primary N) is 1. The van der Waals surface area contributed by atoms with Gasteiger partial charge < -0.3 is 15.7 Å². The molecule has 0 spiro atoms. The molecule has 2 heterocycles. The van der Waals surface area contributed by atoms with Crippen LogP contribution >= 0.6 is 0 Å². The number of phenolic OH excluding ortho intramolecular Hbond substituents is 1. The van der Waals surface area contributed by atoms with Crippen LogP contribution in [0.3, 0.4) is 0 Å². The van der Waals surface area contributed by atoms with Crippen molar-refractivity contribution in [3.63, 3.8) is 0 Å². The number of nitrogens with zero attached hydrogens (tertiary/aromatic N) is 7. The monoisotopic (exact) mass is 371 g/mol. The SMILES string of the molecule is CN(C)Cc1c(C(=O)N/N=C\c2ccccc2O)nnn1-c1nonc1N. The van der Waals surface area contributed by atoms with Crippen molar-refractivity contribution in [2.45, 2.75) is 6.54 Å². The van der Waals surface area contributed by atoms with Gasteiger partial charge in [0, 0.05) is 12.1 Å². The summed E-state index contributed by atoms with van der Waals surface area (Å²) >= 11 is 0. The minimum Gasteiger partial charge on any atom is -0.507 e. The molecule has 0 bridgehead atoms. The number of para-hydroxylation sites is 1. The molecule has 0 aliphatic heterocycles. The largest absolute Gasteiger partial charge is 0.507 e. The number of aromatic nitrogens is 5. The lowest BCUT2D eigenvalue weighted by Gasteiger charge is -2.11. The number of rotatable bonds is 6. The van der Waals surface area contributed by atoms with Crippen LogP contribution in [0.25, 0.3) is 5.82 Å². The number of amides is 1. The number of phenols is 1. The maximum Gasteiger partial charge on any atom is 0.293 e. The summed E-state index contributed by atoms with van der Waals surface area (Å²) in [6.07, 6.45) is 1.32. The average Bonchev–Trinajstić information content (AvgIpc) is 3.22. The summed E-state index contributed by atoms with van der Waals surface area (Å²) in [5.41, 5.74) is 8.98. The fourth-order valence-corrected chi connectivity index (χ4v) is 2.24. The number of nitrogen functional groups attached to an aromatic ring is 1. The second-order valence-corrected chi connectivity index (χ2v) is 5.77. The minimum atomic E-state index is -0.584. The molecule has 3 rings (SSSR count). The number of hydrazone groups is 1. The van der Waals surface area contributed by atoms with Crippen molar-refractivity contribution in [3.8, 4) is 11.6 Å². The Kier molecular flexibility index (Phi) is 5.08. The Labute approximate surface area is 153 Å². The molecular weight excluding hydrogens is 354 g/mol. The van der Waals surface area contributed by atoms with Gasteiger partial charge in [-0.3, -0.25) is 4.79 Å². The zero-order chi connectivity index (χ0) is 19.4. The maximum absolute atomic E-state index is 12.5. The van der Waals surface area contributed by atoms with E-state index in [0.717, 1.165) is 0 Å². The highest BCUT2D eigenvalue weighted by molar-refractivity contribution is 5.94. The molecular formula is C15H17N9O3. The van der Waals surface area contributed by atoms with Crippen LogP contribution in [0.1, 0.15) is 21.7 Å². The summed E-state index contributed by atoms with van der Waals surface area (Å²) in [6.45, 7) is 0.325. The fourth-order valence-electron chi connectivity index (χ4n) is 2.24. The Hall–Kier alpha value is -3.80. The van der Waals surface area contributed by atoms with Crippen LogP contribution in [0.2, 0.25) is 0 Å². The summed E-state index contributed by atoms with van der Waals surface area (Å²) in [4.78, 5) is 14.3. The van der Waals surface area contributed by atoms with Crippen molar-refractivity contribution in [3.05, 3.63) is 41.2 Å². The molecule has 3 aromatic rings. The molecule has 1 aromatic carbocycles. The van der Waals surface area contributed by atoms with Crippen LogP contribution in [-0.2, 0) is 6.54 Å². The van der Waals surface area contributed by atoms with E-state index in [2.05, 4.69) is 35.8 Å². The summed E-state index contributed by atoms with van der Waals surface area (Å²) in [7, 11) is 3.64. The van der Waals surface area contributed by atoms with Gasteiger partial charge in [-0.2, -0.15) is 9.78 Å². The van der Waals surface area contributed by atoms with Crippen LogP contribution in [0.5, 0.6) is 5.75 Å². The fraction of sp³-hybridized carbons (Fsp3) is 0.200. The number of aromatic hydroxyl groups is 1. The molecule has 0 aliphatic carbocycles. The first-order valence-corrected chi connectivity index (χ1v) is 7.76. The highest BCUT2D eigenvalue weighted by atomic mass is 16.6. The van der Waals surface area contributed by atoms with Gasteiger partial charge in [0.1, 0.15) is 5.75 Å². The van der Waals surface area contributed by atoms with Crippen LogP contribution in [0.15, 0.2) is 34.0 Å².